The molecule has 2 aliphatic rings. The molecule has 96 valence electrons. The highest BCUT2D eigenvalue weighted by Gasteiger charge is 2.42. The Hall–Kier alpha value is -1.10. The summed E-state index contributed by atoms with van der Waals surface area (Å²) in [6, 6.07) is 5.01. The monoisotopic (exact) mass is 312 g/mol. The van der Waals surface area contributed by atoms with E-state index in [9.17, 15) is 9.18 Å². The quantitative estimate of drug-likeness (QED) is 0.910. The number of anilines is 1. The molecule has 1 aromatic carbocycles. The van der Waals surface area contributed by atoms with Crippen molar-refractivity contribution in [2.45, 2.75) is 31.3 Å². The Morgan fingerprint density at radius 2 is 2.28 bits per heavy atom. The normalized spacial score (nSPS) is 26.6. The van der Waals surface area contributed by atoms with E-state index in [4.69, 9.17) is 0 Å². The Bertz CT molecular complexity index is 494. The van der Waals surface area contributed by atoms with Crippen molar-refractivity contribution in [3.8, 4) is 0 Å². The van der Waals surface area contributed by atoms with E-state index in [1.54, 1.807) is 6.07 Å². The molecule has 2 saturated heterocycles. The number of hydrogen-bond donors (Lipinski definition) is 1. The first kappa shape index (κ1) is 12.0. The third kappa shape index (κ3) is 2.00. The van der Waals surface area contributed by atoms with Crippen LogP contribution in [0.1, 0.15) is 19.3 Å². The van der Waals surface area contributed by atoms with Crippen LogP contribution in [0.15, 0.2) is 22.7 Å². The van der Waals surface area contributed by atoms with Gasteiger partial charge in [-0.05, 0) is 47.0 Å². The molecular weight excluding hydrogens is 299 g/mol. The largest absolute Gasteiger partial charge is 0.379 e. The number of carbonyl (C=O) groups excluding carboxylic acids is 1. The fourth-order valence-corrected chi connectivity index (χ4v) is 3.38. The smallest absolute Gasteiger partial charge is 0.225 e. The zero-order valence-electron chi connectivity index (χ0n) is 9.83. The lowest BCUT2D eigenvalue weighted by Crippen LogP contribution is -2.34. The van der Waals surface area contributed by atoms with Crippen LogP contribution in [0.5, 0.6) is 0 Å². The molecule has 0 radical (unpaired) electrons. The molecule has 3 rings (SSSR count). The second-order valence-corrected chi connectivity index (χ2v) is 5.73. The minimum Gasteiger partial charge on any atom is -0.379 e. The van der Waals surface area contributed by atoms with Crippen molar-refractivity contribution in [1.82, 2.24) is 4.90 Å². The van der Waals surface area contributed by atoms with Gasteiger partial charge in [-0.25, -0.2) is 4.39 Å². The minimum absolute atomic E-state index is 0.141. The van der Waals surface area contributed by atoms with E-state index in [-0.39, 0.29) is 17.8 Å². The lowest BCUT2D eigenvalue weighted by molar-refractivity contribution is -0.127. The van der Waals surface area contributed by atoms with Gasteiger partial charge in [0, 0.05) is 23.1 Å². The molecule has 2 fully saturated rings. The third-order valence-corrected chi connectivity index (χ3v) is 4.41. The number of rotatable bonds is 2. The van der Waals surface area contributed by atoms with Gasteiger partial charge in [-0.2, -0.15) is 0 Å². The van der Waals surface area contributed by atoms with E-state index in [2.05, 4.69) is 21.2 Å². The van der Waals surface area contributed by atoms with Crippen molar-refractivity contribution < 1.29 is 9.18 Å². The SMILES string of the molecule is O=C1CC(Nc2ccc(F)cc2Br)C2CCCN12. The number of fused-ring (bicyclic) bond motifs is 1. The van der Waals surface area contributed by atoms with Gasteiger partial charge in [0.1, 0.15) is 5.82 Å². The Kier molecular flexibility index (Phi) is 3.01. The third-order valence-electron chi connectivity index (χ3n) is 3.75. The summed E-state index contributed by atoms with van der Waals surface area (Å²) >= 11 is 3.34. The molecule has 5 heteroatoms. The van der Waals surface area contributed by atoms with Crippen molar-refractivity contribution in [2.24, 2.45) is 0 Å². The van der Waals surface area contributed by atoms with Crippen LogP contribution in [0.3, 0.4) is 0 Å². The van der Waals surface area contributed by atoms with Gasteiger partial charge in [0.15, 0.2) is 0 Å². The number of nitrogens with zero attached hydrogens (tertiary/aromatic N) is 1. The van der Waals surface area contributed by atoms with Crippen LogP contribution < -0.4 is 5.32 Å². The predicted octanol–water partition coefficient (Wildman–Crippen LogP) is 2.76. The van der Waals surface area contributed by atoms with Gasteiger partial charge in [-0.3, -0.25) is 4.79 Å². The maximum Gasteiger partial charge on any atom is 0.225 e. The molecule has 18 heavy (non-hydrogen) atoms. The average Bonchev–Trinajstić information content (AvgIpc) is 2.89. The molecule has 2 aliphatic heterocycles. The summed E-state index contributed by atoms with van der Waals surface area (Å²) in [5.41, 5.74) is 0.850. The van der Waals surface area contributed by atoms with Gasteiger partial charge in [0.2, 0.25) is 5.91 Å². The maximum absolute atomic E-state index is 13.0. The van der Waals surface area contributed by atoms with E-state index in [1.807, 2.05) is 4.90 Å². The van der Waals surface area contributed by atoms with Crippen molar-refractivity contribution >= 4 is 27.5 Å². The van der Waals surface area contributed by atoms with Crippen molar-refractivity contribution in [3.05, 3.63) is 28.5 Å². The minimum atomic E-state index is -0.266. The van der Waals surface area contributed by atoms with Crippen LogP contribution in [0, 0.1) is 5.82 Å². The number of hydrogen-bond acceptors (Lipinski definition) is 2. The van der Waals surface area contributed by atoms with Crippen LogP contribution in [-0.2, 0) is 4.79 Å². The Balaban J connectivity index is 1.78. The molecule has 0 aromatic heterocycles. The number of benzene rings is 1. The molecule has 0 aliphatic carbocycles. The van der Waals surface area contributed by atoms with Gasteiger partial charge in [-0.15, -0.1) is 0 Å². The van der Waals surface area contributed by atoms with Crippen LogP contribution >= 0.6 is 15.9 Å². The fraction of sp³-hybridized carbons (Fsp3) is 0.462. The standard InChI is InChI=1S/C13H14BrFN2O/c14-9-6-8(15)3-4-10(9)16-11-7-13(18)17-5-1-2-12(11)17/h3-4,6,11-12,16H,1-2,5,7H2. The summed E-state index contributed by atoms with van der Waals surface area (Å²) in [5.74, 6) is -0.0364. The topological polar surface area (TPSA) is 32.3 Å². The fourth-order valence-electron chi connectivity index (χ4n) is 2.92. The van der Waals surface area contributed by atoms with Crippen LogP contribution in [0.2, 0.25) is 0 Å². The van der Waals surface area contributed by atoms with Gasteiger partial charge in [0.05, 0.1) is 12.1 Å². The Labute approximate surface area is 113 Å². The molecule has 1 N–H and O–H groups in total. The average molecular weight is 313 g/mol. The molecule has 0 bridgehead atoms. The first-order chi connectivity index (χ1) is 8.65. The van der Waals surface area contributed by atoms with E-state index in [0.29, 0.717) is 16.9 Å². The maximum atomic E-state index is 13.0. The second kappa shape index (κ2) is 4.53. The molecule has 2 heterocycles. The molecule has 2 atom stereocenters. The van der Waals surface area contributed by atoms with Crippen molar-refractivity contribution in [1.29, 1.82) is 0 Å². The van der Waals surface area contributed by atoms with Gasteiger partial charge in [0.25, 0.3) is 0 Å². The molecule has 0 spiro atoms. The highest BCUT2D eigenvalue weighted by Crippen LogP contribution is 2.33. The lowest BCUT2D eigenvalue weighted by Gasteiger charge is -2.22. The van der Waals surface area contributed by atoms with Crippen LogP contribution in [0.4, 0.5) is 10.1 Å². The number of nitrogens with one attached hydrogen (secondary N) is 1. The van der Waals surface area contributed by atoms with Crippen LogP contribution in [-0.4, -0.2) is 29.4 Å². The van der Waals surface area contributed by atoms with E-state index in [1.165, 1.54) is 12.1 Å². The molecular formula is C13H14BrFN2O. The highest BCUT2D eigenvalue weighted by atomic mass is 79.9. The summed E-state index contributed by atoms with van der Waals surface area (Å²) in [7, 11) is 0. The number of halogens is 2. The molecule has 3 nitrogen and oxygen atoms in total. The first-order valence-corrected chi connectivity index (χ1v) is 6.95. The molecule has 1 aromatic rings. The van der Waals surface area contributed by atoms with Crippen molar-refractivity contribution in [3.63, 3.8) is 0 Å². The Morgan fingerprint density at radius 1 is 1.44 bits per heavy atom. The Morgan fingerprint density at radius 3 is 3.06 bits per heavy atom. The van der Waals surface area contributed by atoms with E-state index < -0.39 is 0 Å². The summed E-state index contributed by atoms with van der Waals surface area (Å²) in [6.45, 7) is 0.881. The number of amides is 1. The highest BCUT2D eigenvalue weighted by molar-refractivity contribution is 9.10. The van der Waals surface area contributed by atoms with E-state index >= 15 is 0 Å². The predicted molar refractivity (Wildman–Crippen MR) is 70.9 cm³/mol. The molecule has 2 unspecified atom stereocenters. The molecule has 1 amide bonds. The van der Waals surface area contributed by atoms with Gasteiger partial charge in [-0.1, -0.05) is 0 Å². The summed E-state index contributed by atoms with van der Waals surface area (Å²) in [4.78, 5) is 13.8. The molecule has 0 saturated carbocycles. The zero-order valence-corrected chi connectivity index (χ0v) is 11.4. The van der Waals surface area contributed by atoms with Gasteiger partial charge < -0.3 is 10.2 Å². The number of carbonyl (C=O) groups is 1. The van der Waals surface area contributed by atoms with E-state index in [0.717, 1.165) is 25.1 Å². The zero-order chi connectivity index (χ0) is 12.7. The summed E-state index contributed by atoms with van der Waals surface area (Å²) in [6.07, 6.45) is 2.68. The van der Waals surface area contributed by atoms with Crippen LogP contribution in [0.25, 0.3) is 0 Å². The summed E-state index contributed by atoms with van der Waals surface area (Å²) < 4.78 is 13.7. The van der Waals surface area contributed by atoms with Crippen molar-refractivity contribution in [2.75, 3.05) is 11.9 Å². The second-order valence-electron chi connectivity index (χ2n) is 4.88. The first-order valence-electron chi connectivity index (χ1n) is 6.16. The summed E-state index contributed by atoms with van der Waals surface area (Å²) in [5, 5.41) is 3.36. The lowest BCUT2D eigenvalue weighted by atomic mass is 10.1. The van der Waals surface area contributed by atoms with Gasteiger partial charge >= 0.3 is 0 Å².